The number of aliphatic hydroxyl groups is 1. The summed E-state index contributed by atoms with van der Waals surface area (Å²) >= 11 is 1.65. The highest BCUT2D eigenvalue weighted by atomic mass is 32.1. The van der Waals surface area contributed by atoms with Crippen LogP contribution in [0.3, 0.4) is 0 Å². The van der Waals surface area contributed by atoms with Crippen LogP contribution in [0.4, 0.5) is 0 Å². The highest BCUT2D eigenvalue weighted by molar-refractivity contribution is 7.09. The molecule has 3 heterocycles. The maximum Gasteiger partial charge on any atom is 0.142 e. The summed E-state index contributed by atoms with van der Waals surface area (Å²) in [5.74, 6) is 0.632. The van der Waals surface area contributed by atoms with Crippen molar-refractivity contribution in [2.24, 2.45) is 0 Å². The van der Waals surface area contributed by atoms with E-state index in [1.807, 2.05) is 41.1 Å². The number of aromatic nitrogens is 3. The first kappa shape index (κ1) is 15.5. The van der Waals surface area contributed by atoms with Crippen LogP contribution in [0.15, 0.2) is 48.1 Å². The zero-order valence-corrected chi connectivity index (χ0v) is 14.0. The summed E-state index contributed by atoms with van der Waals surface area (Å²) < 4.78 is 7.65. The quantitative estimate of drug-likeness (QED) is 0.773. The van der Waals surface area contributed by atoms with Crippen molar-refractivity contribution < 1.29 is 9.84 Å². The molecule has 0 amide bonds. The van der Waals surface area contributed by atoms with Gasteiger partial charge in [0.25, 0.3) is 0 Å². The Morgan fingerprint density at radius 3 is 3.00 bits per heavy atom. The van der Waals surface area contributed by atoms with Crippen LogP contribution in [0.5, 0.6) is 0 Å². The molecule has 1 N–H and O–H groups in total. The molecule has 0 spiro atoms. The second kappa shape index (κ2) is 6.84. The minimum Gasteiger partial charge on any atom is -0.380 e. The zero-order valence-electron chi connectivity index (χ0n) is 13.2. The second-order valence-corrected chi connectivity index (χ2v) is 6.79. The predicted molar refractivity (Wildman–Crippen MR) is 91.9 cm³/mol. The van der Waals surface area contributed by atoms with Crippen molar-refractivity contribution >= 4 is 11.3 Å². The van der Waals surface area contributed by atoms with E-state index in [0.29, 0.717) is 12.4 Å². The Labute approximate surface area is 144 Å². The van der Waals surface area contributed by atoms with Gasteiger partial charge in [0.2, 0.25) is 0 Å². The van der Waals surface area contributed by atoms with Gasteiger partial charge in [-0.2, -0.15) is 0 Å². The van der Waals surface area contributed by atoms with Gasteiger partial charge >= 0.3 is 0 Å². The minimum absolute atomic E-state index is 0.154. The lowest BCUT2D eigenvalue weighted by Gasteiger charge is -2.13. The molecule has 2 unspecified atom stereocenters. The third kappa shape index (κ3) is 3.13. The van der Waals surface area contributed by atoms with Crippen LogP contribution in [0.25, 0.3) is 0 Å². The molecule has 2 atom stereocenters. The molecule has 6 heteroatoms. The normalized spacial score (nSPS) is 18.8. The summed E-state index contributed by atoms with van der Waals surface area (Å²) in [6, 6.07) is 9.58. The van der Waals surface area contributed by atoms with Gasteiger partial charge in [0.05, 0.1) is 12.2 Å². The molecule has 1 fully saturated rings. The molecule has 0 bridgehead atoms. The fraction of sp³-hybridized carbons (Fsp3) is 0.333. The number of hydrogen-bond donors (Lipinski definition) is 1. The number of ether oxygens (including phenoxy) is 1. The van der Waals surface area contributed by atoms with Crippen molar-refractivity contribution in [3.63, 3.8) is 0 Å². The number of nitrogens with zero attached hydrogens (tertiary/aromatic N) is 3. The molecule has 1 saturated heterocycles. The van der Waals surface area contributed by atoms with E-state index in [1.54, 1.807) is 17.5 Å². The number of benzene rings is 1. The van der Waals surface area contributed by atoms with Crippen LogP contribution < -0.4 is 0 Å². The predicted octanol–water partition coefficient (Wildman–Crippen LogP) is 3.32. The Morgan fingerprint density at radius 2 is 2.21 bits per heavy atom. The molecule has 24 heavy (non-hydrogen) atoms. The van der Waals surface area contributed by atoms with Gasteiger partial charge in [-0.25, -0.2) is 9.97 Å². The van der Waals surface area contributed by atoms with Crippen molar-refractivity contribution in [2.75, 3.05) is 6.61 Å². The molecule has 1 aromatic carbocycles. The van der Waals surface area contributed by atoms with E-state index in [4.69, 9.17) is 9.72 Å². The maximum atomic E-state index is 10.6. The van der Waals surface area contributed by atoms with E-state index in [2.05, 4.69) is 10.4 Å². The van der Waals surface area contributed by atoms with Crippen molar-refractivity contribution in [3.05, 3.63) is 70.2 Å². The summed E-state index contributed by atoms with van der Waals surface area (Å²) in [6.07, 6.45) is 5.17. The third-order valence-corrected chi connectivity index (χ3v) is 5.20. The summed E-state index contributed by atoms with van der Waals surface area (Å²) in [5, 5.41) is 13.7. The average molecular weight is 341 g/mol. The van der Waals surface area contributed by atoms with E-state index in [1.165, 1.54) is 0 Å². The molecular weight excluding hydrogens is 322 g/mol. The Bertz CT molecular complexity index is 793. The van der Waals surface area contributed by atoms with Gasteiger partial charge < -0.3 is 14.4 Å². The SMILES string of the molecule is OC(c1ccccc1)c1nccn1Cc1csc(C2CCCO2)n1. The third-order valence-electron chi connectivity index (χ3n) is 4.21. The van der Waals surface area contributed by atoms with Crippen molar-refractivity contribution in [1.82, 2.24) is 14.5 Å². The first-order chi connectivity index (χ1) is 11.8. The van der Waals surface area contributed by atoms with E-state index < -0.39 is 6.10 Å². The number of hydrogen-bond acceptors (Lipinski definition) is 5. The lowest BCUT2D eigenvalue weighted by Crippen LogP contribution is -2.11. The van der Waals surface area contributed by atoms with Gasteiger partial charge in [-0.1, -0.05) is 30.3 Å². The second-order valence-electron chi connectivity index (χ2n) is 5.91. The first-order valence-corrected chi connectivity index (χ1v) is 8.99. The van der Waals surface area contributed by atoms with Crippen molar-refractivity contribution in [3.8, 4) is 0 Å². The maximum absolute atomic E-state index is 10.6. The van der Waals surface area contributed by atoms with Crippen LogP contribution in [-0.2, 0) is 11.3 Å². The number of rotatable bonds is 5. The summed E-state index contributed by atoms with van der Waals surface area (Å²) in [4.78, 5) is 9.04. The topological polar surface area (TPSA) is 60.2 Å². The van der Waals surface area contributed by atoms with Gasteiger partial charge in [-0.15, -0.1) is 11.3 Å². The van der Waals surface area contributed by atoms with Gasteiger partial charge in [0, 0.05) is 24.4 Å². The van der Waals surface area contributed by atoms with E-state index in [9.17, 15) is 5.11 Å². The monoisotopic (exact) mass is 341 g/mol. The molecular formula is C18H19N3O2S. The Balaban J connectivity index is 1.53. The average Bonchev–Trinajstić information content (AvgIpc) is 3.37. The molecule has 2 aromatic heterocycles. The van der Waals surface area contributed by atoms with Gasteiger partial charge in [-0.3, -0.25) is 0 Å². The zero-order chi connectivity index (χ0) is 16.4. The highest BCUT2D eigenvalue weighted by Crippen LogP contribution is 2.31. The number of imidazole rings is 1. The van der Waals surface area contributed by atoms with Crippen molar-refractivity contribution in [1.29, 1.82) is 0 Å². The van der Waals surface area contributed by atoms with Gasteiger partial charge in [0.1, 0.15) is 23.0 Å². The Hall–Kier alpha value is -2.02. The molecule has 1 aliphatic heterocycles. The van der Waals surface area contributed by atoms with E-state index in [0.717, 1.165) is 35.7 Å². The van der Waals surface area contributed by atoms with E-state index >= 15 is 0 Å². The Kier molecular flexibility index (Phi) is 4.42. The highest BCUT2D eigenvalue weighted by Gasteiger charge is 2.21. The van der Waals surface area contributed by atoms with Gasteiger partial charge in [0.15, 0.2) is 0 Å². The smallest absolute Gasteiger partial charge is 0.142 e. The lowest BCUT2D eigenvalue weighted by molar-refractivity contribution is 0.111. The number of aliphatic hydroxyl groups excluding tert-OH is 1. The van der Waals surface area contributed by atoms with Crippen molar-refractivity contribution in [2.45, 2.75) is 31.6 Å². The van der Waals surface area contributed by atoms with Crippen LogP contribution >= 0.6 is 11.3 Å². The molecule has 4 rings (SSSR count). The molecule has 0 radical (unpaired) electrons. The Morgan fingerprint density at radius 1 is 1.33 bits per heavy atom. The summed E-state index contributed by atoms with van der Waals surface area (Å²) in [5.41, 5.74) is 1.81. The van der Waals surface area contributed by atoms with Crippen LogP contribution in [0, 0.1) is 0 Å². The van der Waals surface area contributed by atoms with Crippen LogP contribution in [0.2, 0.25) is 0 Å². The first-order valence-electron chi connectivity index (χ1n) is 8.11. The van der Waals surface area contributed by atoms with Crippen LogP contribution in [0.1, 0.15) is 47.1 Å². The standard InChI is InChI=1S/C18H19N3O2S/c22-16(13-5-2-1-3-6-13)17-19-8-9-21(17)11-14-12-24-18(20-14)15-7-4-10-23-15/h1-3,5-6,8-9,12,15-16,22H,4,7,10-11H2. The van der Waals surface area contributed by atoms with Crippen LogP contribution in [-0.4, -0.2) is 26.2 Å². The largest absolute Gasteiger partial charge is 0.380 e. The van der Waals surface area contributed by atoms with Gasteiger partial charge in [-0.05, 0) is 18.4 Å². The molecule has 124 valence electrons. The molecule has 0 saturated carbocycles. The fourth-order valence-corrected chi connectivity index (χ4v) is 3.87. The minimum atomic E-state index is -0.738. The fourth-order valence-electron chi connectivity index (χ4n) is 2.98. The molecule has 5 nitrogen and oxygen atoms in total. The lowest BCUT2D eigenvalue weighted by atomic mass is 10.1. The summed E-state index contributed by atoms with van der Waals surface area (Å²) in [6.45, 7) is 1.43. The number of thiazole rings is 1. The molecule has 0 aliphatic carbocycles. The molecule has 1 aliphatic rings. The molecule has 3 aromatic rings. The van der Waals surface area contributed by atoms with E-state index in [-0.39, 0.29) is 6.10 Å². The summed E-state index contributed by atoms with van der Waals surface area (Å²) in [7, 11) is 0.